The molecule has 1 atom stereocenters. The van der Waals surface area contributed by atoms with Crippen molar-refractivity contribution in [1.29, 1.82) is 0 Å². The van der Waals surface area contributed by atoms with Crippen molar-refractivity contribution in [1.82, 2.24) is 0 Å². The maximum absolute atomic E-state index is 12.7. The smallest absolute Gasteiger partial charge is 0.417 e. The number of hydrogen-bond acceptors (Lipinski definition) is 3. The minimum Gasteiger partial charge on any atom is -0.478 e. The minimum atomic E-state index is -4.68. The van der Waals surface area contributed by atoms with E-state index in [1.165, 1.54) is 6.07 Å². The zero-order valence-corrected chi connectivity index (χ0v) is 11.1. The number of nitrogens with one attached hydrogen (secondary N) is 1. The van der Waals surface area contributed by atoms with Gasteiger partial charge in [0, 0.05) is 19.3 Å². The fraction of sp³-hybridized carbons (Fsp3) is 0.462. The van der Waals surface area contributed by atoms with Crippen molar-refractivity contribution >= 4 is 11.7 Å². The number of aromatic carboxylic acids is 1. The summed E-state index contributed by atoms with van der Waals surface area (Å²) in [6.45, 7) is 2.87. The molecule has 0 aromatic heterocycles. The Hall–Kier alpha value is -1.76. The van der Waals surface area contributed by atoms with Gasteiger partial charge in [-0.2, -0.15) is 13.2 Å². The molecule has 1 rings (SSSR count). The Morgan fingerprint density at radius 2 is 2.10 bits per heavy atom. The molecule has 0 heterocycles. The van der Waals surface area contributed by atoms with E-state index in [1.54, 1.807) is 7.11 Å². The molecule has 1 unspecified atom stereocenters. The van der Waals surface area contributed by atoms with Gasteiger partial charge in [0.25, 0.3) is 0 Å². The lowest BCUT2D eigenvalue weighted by Crippen LogP contribution is -2.17. The molecule has 0 spiro atoms. The molecule has 0 bridgehead atoms. The van der Waals surface area contributed by atoms with Crippen LogP contribution >= 0.6 is 0 Å². The molecule has 0 fully saturated rings. The molecular weight excluding hydrogens is 275 g/mol. The van der Waals surface area contributed by atoms with Gasteiger partial charge in [-0.1, -0.05) is 6.92 Å². The number of hydrogen-bond donors (Lipinski definition) is 2. The highest BCUT2D eigenvalue weighted by Gasteiger charge is 2.35. The Kier molecular flexibility index (Phi) is 5.38. The molecule has 0 aliphatic rings. The molecule has 112 valence electrons. The van der Waals surface area contributed by atoms with Crippen molar-refractivity contribution < 1.29 is 27.8 Å². The summed E-state index contributed by atoms with van der Waals surface area (Å²) in [5, 5.41) is 11.8. The van der Waals surface area contributed by atoms with Crippen LogP contribution in [0.5, 0.6) is 0 Å². The quantitative estimate of drug-likeness (QED) is 0.845. The minimum absolute atomic E-state index is 0.149. The number of rotatable bonds is 6. The molecule has 0 radical (unpaired) electrons. The summed E-state index contributed by atoms with van der Waals surface area (Å²) < 4.78 is 42.9. The van der Waals surface area contributed by atoms with Crippen LogP contribution in [0.1, 0.15) is 22.8 Å². The van der Waals surface area contributed by atoms with Gasteiger partial charge in [-0.3, -0.25) is 0 Å². The summed E-state index contributed by atoms with van der Waals surface area (Å²) in [7, 11) is 1.55. The average molecular weight is 291 g/mol. The summed E-state index contributed by atoms with van der Waals surface area (Å²) in [5.41, 5.74) is -1.58. The third kappa shape index (κ3) is 4.41. The van der Waals surface area contributed by atoms with Crippen LogP contribution < -0.4 is 5.32 Å². The lowest BCUT2D eigenvalue weighted by Gasteiger charge is -2.15. The molecule has 20 heavy (non-hydrogen) atoms. The molecule has 0 saturated heterocycles. The Balaban J connectivity index is 2.91. The van der Waals surface area contributed by atoms with E-state index in [0.29, 0.717) is 18.8 Å². The van der Waals surface area contributed by atoms with Crippen LogP contribution in [0.25, 0.3) is 0 Å². The Morgan fingerprint density at radius 3 is 2.60 bits per heavy atom. The van der Waals surface area contributed by atoms with E-state index in [1.807, 2.05) is 6.92 Å². The predicted octanol–water partition coefficient (Wildman–Crippen LogP) is 3.10. The largest absolute Gasteiger partial charge is 0.478 e. The first-order chi connectivity index (χ1) is 9.25. The van der Waals surface area contributed by atoms with E-state index in [4.69, 9.17) is 9.84 Å². The predicted molar refractivity (Wildman–Crippen MR) is 67.9 cm³/mol. The molecule has 7 heteroatoms. The van der Waals surface area contributed by atoms with Gasteiger partial charge in [0.05, 0.1) is 17.7 Å². The summed E-state index contributed by atoms with van der Waals surface area (Å²) in [4.78, 5) is 10.9. The van der Waals surface area contributed by atoms with Crippen LogP contribution in [-0.2, 0) is 10.9 Å². The number of carboxylic acid groups (broad SMARTS) is 1. The van der Waals surface area contributed by atoms with Gasteiger partial charge in [-0.15, -0.1) is 0 Å². The zero-order chi connectivity index (χ0) is 15.3. The van der Waals surface area contributed by atoms with Gasteiger partial charge in [0.15, 0.2) is 0 Å². The third-order valence-electron chi connectivity index (χ3n) is 2.66. The first kappa shape index (κ1) is 16.3. The van der Waals surface area contributed by atoms with E-state index >= 15 is 0 Å². The lowest BCUT2D eigenvalue weighted by molar-refractivity contribution is -0.138. The van der Waals surface area contributed by atoms with Crippen LogP contribution in [0.4, 0.5) is 18.9 Å². The summed E-state index contributed by atoms with van der Waals surface area (Å²) in [6, 6.07) is 2.98. The van der Waals surface area contributed by atoms with Gasteiger partial charge in [-0.25, -0.2) is 4.79 Å². The number of halogens is 3. The third-order valence-corrected chi connectivity index (χ3v) is 2.66. The van der Waals surface area contributed by atoms with Crippen molar-refractivity contribution in [2.45, 2.75) is 13.1 Å². The van der Waals surface area contributed by atoms with Crippen LogP contribution in [-0.4, -0.2) is 31.3 Å². The highest BCUT2D eigenvalue weighted by Crippen LogP contribution is 2.33. The van der Waals surface area contributed by atoms with E-state index in [-0.39, 0.29) is 5.92 Å². The van der Waals surface area contributed by atoms with Crippen LogP contribution in [0, 0.1) is 5.92 Å². The number of benzene rings is 1. The topological polar surface area (TPSA) is 58.6 Å². The highest BCUT2D eigenvalue weighted by molar-refractivity contribution is 5.91. The number of methoxy groups -OCH3 is 1. The summed E-state index contributed by atoms with van der Waals surface area (Å²) >= 11 is 0. The van der Waals surface area contributed by atoms with Crippen molar-refractivity contribution in [3.8, 4) is 0 Å². The second-order valence-electron chi connectivity index (χ2n) is 4.50. The molecule has 2 N–H and O–H groups in total. The zero-order valence-electron chi connectivity index (χ0n) is 11.1. The molecule has 0 saturated carbocycles. The second kappa shape index (κ2) is 6.60. The Morgan fingerprint density at radius 1 is 1.45 bits per heavy atom. The Bertz CT molecular complexity index is 474. The first-order valence-electron chi connectivity index (χ1n) is 5.93. The van der Waals surface area contributed by atoms with Crippen molar-refractivity contribution in [2.24, 2.45) is 5.92 Å². The van der Waals surface area contributed by atoms with Gasteiger partial charge in [0.1, 0.15) is 0 Å². The van der Waals surface area contributed by atoms with E-state index < -0.39 is 23.3 Å². The van der Waals surface area contributed by atoms with E-state index in [0.717, 1.165) is 12.1 Å². The summed E-state index contributed by atoms with van der Waals surface area (Å²) in [5.74, 6) is -1.46. The van der Waals surface area contributed by atoms with E-state index in [2.05, 4.69) is 5.32 Å². The number of anilines is 1. The maximum atomic E-state index is 12.7. The normalized spacial score (nSPS) is 13.1. The van der Waals surface area contributed by atoms with Crippen molar-refractivity contribution in [3.63, 3.8) is 0 Å². The Labute approximate surface area is 114 Å². The van der Waals surface area contributed by atoms with Crippen molar-refractivity contribution in [3.05, 3.63) is 29.3 Å². The SMILES string of the molecule is COCC(C)CNc1ccc(C(F)(F)F)c(C(=O)O)c1. The van der Waals surface area contributed by atoms with Crippen LogP contribution in [0.3, 0.4) is 0 Å². The standard InChI is InChI=1S/C13H16F3NO3/c1-8(7-20-2)6-17-9-3-4-11(13(14,15)16)10(5-9)12(18)19/h3-5,8,17H,6-7H2,1-2H3,(H,18,19). The van der Waals surface area contributed by atoms with Gasteiger partial charge < -0.3 is 15.2 Å². The number of ether oxygens (including phenoxy) is 1. The molecule has 4 nitrogen and oxygen atoms in total. The van der Waals surface area contributed by atoms with Gasteiger partial charge in [0.2, 0.25) is 0 Å². The molecule has 1 aromatic carbocycles. The molecule has 0 aliphatic heterocycles. The monoisotopic (exact) mass is 291 g/mol. The van der Waals surface area contributed by atoms with Gasteiger partial charge >= 0.3 is 12.1 Å². The van der Waals surface area contributed by atoms with E-state index in [9.17, 15) is 18.0 Å². The molecular formula is C13H16F3NO3. The molecule has 0 amide bonds. The van der Waals surface area contributed by atoms with Gasteiger partial charge in [-0.05, 0) is 24.1 Å². The number of carboxylic acids is 1. The fourth-order valence-corrected chi connectivity index (χ4v) is 1.71. The van der Waals surface area contributed by atoms with Crippen LogP contribution in [0.15, 0.2) is 18.2 Å². The number of alkyl halides is 3. The lowest BCUT2D eigenvalue weighted by atomic mass is 10.1. The number of carbonyl (C=O) groups is 1. The second-order valence-corrected chi connectivity index (χ2v) is 4.50. The average Bonchev–Trinajstić information content (AvgIpc) is 2.35. The molecule has 1 aromatic rings. The van der Waals surface area contributed by atoms with Crippen molar-refractivity contribution in [2.75, 3.05) is 25.6 Å². The molecule has 0 aliphatic carbocycles. The maximum Gasteiger partial charge on any atom is 0.417 e. The first-order valence-corrected chi connectivity index (χ1v) is 5.93. The van der Waals surface area contributed by atoms with Crippen LogP contribution in [0.2, 0.25) is 0 Å². The highest BCUT2D eigenvalue weighted by atomic mass is 19.4. The summed E-state index contributed by atoms with van der Waals surface area (Å²) in [6.07, 6.45) is -4.68. The fourth-order valence-electron chi connectivity index (χ4n) is 1.71.